The van der Waals surface area contributed by atoms with E-state index in [2.05, 4.69) is 10.6 Å². The summed E-state index contributed by atoms with van der Waals surface area (Å²) in [6, 6.07) is 3.70. The van der Waals surface area contributed by atoms with Crippen LogP contribution >= 0.6 is 0 Å². The van der Waals surface area contributed by atoms with Crippen molar-refractivity contribution in [3.05, 3.63) is 29.6 Å². The van der Waals surface area contributed by atoms with Gasteiger partial charge in [-0.25, -0.2) is 9.18 Å². The Morgan fingerprint density at radius 3 is 2.29 bits per heavy atom. The lowest BCUT2D eigenvalue weighted by molar-refractivity contribution is -0.150. The zero-order chi connectivity index (χ0) is 16.4. The summed E-state index contributed by atoms with van der Waals surface area (Å²) in [7, 11) is 0. The second kappa shape index (κ2) is 5.71. The predicted octanol–water partition coefficient (Wildman–Crippen LogP) is 3.15. The molecule has 0 aliphatic carbocycles. The van der Waals surface area contributed by atoms with E-state index in [0.29, 0.717) is 0 Å². The number of carboxylic acids is 1. The number of rotatable bonds is 4. The third-order valence-corrected chi connectivity index (χ3v) is 3.89. The number of aryl methyl sites for hydroxylation is 1. The Balaban J connectivity index is 2.87. The lowest BCUT2D eigenvalue weighted by Crippen LogP contribution is -2.57. The Kier molecular flexibility index (Phi) is 4.61. The van der Waals surface area contributed by atoms with Gasteiger partial charge in [0, 0.05) is 0 Å². The molecule has 21 heavy (non-hydrogen) atoms. The molecule has 0 bridgehead atoms. The maximum atomic E-state index is 13.6. The second-order valence-corrected chi connectivity index (χ2v) is 6.12. The Hall–Kier alpha value is -2.11. The first-order valence-electron chi connectivity index (χ1n) is 6.56. The topological polar surface area (TPSA) is 78.4 Å². The highest BCUT2D eigenvalue weighted by Gasteiger charge is 2.44. The van der Waals surface area contributed by atoms with E-state index in [1.54, 1.807) is 26.8 Å². The summed E-state index contributed by atoms with van der Waals surface area (Å²) in [6.45, 7) is 8.02. The van der Waals surface area contributed by atoms with Gasteiger partial charge in [-0.1, -0.05) is 6.07 Å². The van der Waals surface area contributed by atoms with Crippen molar-refractivity contribution in [2.75, 3.05) is 5.32 Å². The fraction of sp³-hybridized carbons (Fsp3) is 0.467. The molecule has 0 aromatic heterocycles. The molecule has 0 saturated carbocycles. The number of amides is 2. The first-order valence-corrected chi connectivity index (χ1v) is 6.56. The summed E-state index contributed by atoms with van der Waals surface area (Å²) >= 11 is 0. The van der Waals surface area contributed by atoms with Gasteiger partial charge in [-0.3, -0.25) is 4.79 Å². The molecule has 0 spiro atoms. The van der Waals surface area contributed by atoms with Crippen molar-refractivity contribution in [1.82, 2.24) is 5.32 Å². The zero-order valence-electron chi connectivity index (χ0n) is 12.9. The number of carbonyl (C=O) groups excluding carboxylic acids is 1. The number of nitrogens with one attached hydrogen (secondary N) is 2. The van der Waals surface area contributed by atoms with Gasteiger partial charge in [0.05, 0.1) is 16.6 Å². The van der Waals surface area contributed by atoms with E-state index in [4.69, 9.17) is 0 Å². The van der Waals surface area contributed by atoms with Crippen LogP contribution in [0.1, 0.15) is 33.3 Å². The average Bonchev–Trinajstić information content (AvgIpc) is 2.32. The summed E-state index contributed by atoms with van der Waals surface area (Å²) in [5.41, 5.74) is -1.35. The van der Waals surface area contributed by atoms with Gasteiger partial charge in [0.15, 0.2) is 0 Å². The van der Waals surface area contributed by atoms with Gasteiger partial charge in [0.2, 0.25) is 0 Å². The van der Waals surface area contributed by atoms with Crippen LogP contribution in [0.4, 0.5) is 14.9 Å². The van der Waals surface area contributed by atoms with Crippen LogP contribution in [0, 0.1) is 18.2 Å². The Morgan fingerprint density at radius 2 is 1.76 bits per heavy atom. The smallest absolute Gasteiger partial charge is 0.319 e. The average molecular weight is 296 g/mol. The molecule has 2 amide bonds. The van der Waals surface area contributed by atoms with Crippen molar-refractivity contribution in [2.45, 2.75) is 40.2 Å². The largest absolute Gasteiger partial charge is 0.481 e. The highest BCUT2D eigenvalue weighted by Crippen LogP contribution is 2.30. The SMILES string of the molecule is Cc1ccc(F)c(NC(=O)NC(C)(C)C(C)(C)C(=O)O)c1. The number of halogens is 1. The molecule has 0 fully saturated rings. The van der Waals surface area contributed by atoms with Crippen molar-refractivity contribution in [3.63, 3.8) is 0 Å². The Morgan fingerprint density at radius 1 is 1.19 bits per heavy atom. The number of anilines is 1. The van der Waals surface area contributed by atoms with Gasteiger partial charge in [0.1, 0.15) is 5.82 Å². The molecule has 0 heterocycles. The summed E-state index contributed by atoms with van der Waals surface area (Å²) in [6.07, 6.45) is 0. The van der Waals surface area contributed by atoms with Gasteiger partial charge in [-0.15, -0.1) is 0 Å². The standard InChI is InChI=1S/C15H21FN2O3/c1-9-6-7-10(16)11(8-9)17-13(21)18-15(4,5)14(2,3)12(19)20/h6-8H,1-5H3,(H,19,20)(H2,17,18,21). The molecule has 0 radical (unpaired) electrons. The molecule has 3 N–H and O–H groups in total. The summed E-state index contributed by atoms with van der Waals surface area (Å²) < 4.78 is 13.6. The first-order chi connectivity index (χ1) is 9.47. The third kappa shape index (κ3) is 3.71. The number of carboxylic acid groups (broad SMARTS) is 1. The molecule has 0 atom stereocenters. The van der Waals surface area contributed by atoms with Crippen molar-refractivity contribution < 1.29 is 19.1 Å². The molecule has 5 nitrogen and oxygen atoms in total. The predicted molar refractivity (Wildman–Crippen MR) is 78.8 cm³/mol. The van der Waals surface area contributed by atoms with E-state index in [1.807, 2.05) is 0 Å². The minimum absolute atomic E-state index is 0.0523. The van der Waals surface area contributed by atoms with Gasteiger partial charge >= 0.3 is 12.0 Å². The molecular weight excluding hydrogens is 275 g/mol. The fourth-order valence-electron chi connectivity index (χ4n) is 1.60. The van der Waals surface area contributed by atoms with Crippen LogP contribution in [0.25, 0.3) is 0 Å². The van der Waals surface area contributed by atoms with E-state index in [-0.39, 0.29) is 5.69 Å². The molecule has 0 unspecified atom stereocenters. The van der Waals surface area contributed by atoms with Gasteiger partial charge in [-0.2, -0.15) is 0 Å². The first kappa shape index (κ1) is 16.9. The van der Waals surface area contributed by atoms with E-state index < -0.39 is 28.8 Å². The molecule has 0 aliphatic rings. The van der Waals surface area contributed by atoms with Crippen LogP contribution in [-0.4, -0.2) is 22.6 Å². The number of hydrogen-bond donors (Lipinski definition) is 3. The van der Waals surface area contributed by atoms with Crippen LogP contribution in [-0.2, 0) is 4.79 Å². The lowest BCUT2D eigenvalue weighted by atomic mass is 9.74. The normalized spacial score (nSPS) is 11.9. The van der Waals surface area contributed by atoms with Crippen molar-refractivity contribution >= 4 is 17.7 Å². The maximum absolute atomic E-state index is 13.6. The lowest BCUT2D eigenvalue weighted by Gasteiger charge is -2.38. The van der Waals surface area contributed by atoms with Crippen LogP contribution in [0.3, 0.4) is 0 Å². The summed E-state index contributed by atoms with van der Waals surface area (Å²) in [5, 5.41) is 14.2. The Bertz CT molecular complexity index is 568. The van der Waals surface area contributed by atoms with E-state index in [0.717, 1.165) is 5.56 Å². The number of urea groups is 1. The van der Waals surface area contributed by atoms with E-state index in [1.165, 1.54) is 26.0 Å². The molecular formula is C15H21FN2O3. The number of benzene rings is 1. The third-order valence-electron chi connectivity index (χ3n) is 3.89. The monoisotopic (exact) mass is 296 g/mol. The summed E-state index contributed by atoms with van der Waals surface area (Å²) in [4.78, 5) is 23.3. The molecule has 1 aromatic rings. The fourth-order valence-corrected chi connectivity index (χ4v) is 1.60. The highest BCUT2D eigenvalue weighted by molar-refractivity contribution is 5.90. The Labute approximate surface area is 123 Å². The number of hydrogen-bond acceptors (Lipinski definition) is 2. The minimum atomic E-state index is -1.19. The summed E-state index contributed by atoms with van der Waals surface area (Å²) in [5.74, 6) is -1.58. The molecule has 1 rings (SSSR count). The van der Waals surface area contributed by atoms with Crippen LogP contribution < -0.4 is 10.6 Å². The van der Waals surface area contributed by atoms with Crippen LogP contribution in [0.15, 0.2) is 18.2 Å². The minimum Gasteiger partial charge on any atom is -0.481 e. The van der Waals surface area contributed by atoms with E-state index >= 15 is 0 Å². The van der Waals surface area contributed by atoms with Crippen molar-refractivity contribution in [3.8, 4) is 0 Å². The molecule has 1 aromatic carbocycles. The van der Waals surface area contributed by atoms with Crippen molar-refractivity contribution in [2.24, 2.45) is 5.41 Å². The quantitative estimate of drug-likeness (QED) is 0.798. The number of aliphatic carboxylic acids is 1. The highest BCUT2D eigenvalue weighted by atomic mass is 19.1. The molecule has 6 heteroatoms. The van der Waals surface area contributed by atoms with Gasteiger partial charge < -0.3 is 15.7 Å². The molecule has 0 saturated heterocycles. The number of carbonyl (C=O) groups is 2. The molecule has 116 valence electrons. The van der Waals surface area contributed by atoms with Crippen LogP contribution in [0.5, 0.6) is 0 Å². The maximum Gasteiger partial charge on any atom is 0.319 e. The second-order valence-electron chi connectivity index (χ2n) is 6.12. The molecule has 0 aliphatic heterocycles. The van der Waals surface area contributed by atoms with Crippen molar-refractivity contribution in [1.29, 1.82) is 0 Å². The van der Waals surface area contributed by atoms with Crippen LogP contribution in [0.2, 0.25) is 0 Å². The van der Waals surface area contributed by atoms with Gasteiger partial charge in [0.25, 0.3) is 0 Å². The van der Waals surface area contributed by atoms with E-state index in [9.17, 15) is 19.1 Å². The van der Waals surface area contributed by atoms with Gasteiger partial charge in [-0.05, 0) is 52.3 Å². The zero-order valence-corrected chi connectivity index (χ0v) is 12.9.